The number of hydroxylamine groups is 1. The van der Waals surface area contributed by atoms with Gasteiger partial charge >= 0.3 is 6.09 Å². The zero-order valence-electron chi connectivity index (χ0n) is 20.7. The summed E-state index contributed by atoms with van der Waals surface area (Å²) < 4.78 is 5.71. The minimum Gasteiger partial charge on any atom is -0.444 e. The van der Waals surface area contributed by atoms with Crippen molar-refractivity contribution in [2.45, 2.75) is 83.4 Å². The Bertz CT molecular complexity index is 768. The van der Waals surface area contributed by atoms with Crippen molar-refractivity contribution in [3.8, 4) is 0 Å². The summed E-state index contributed by atoms with van der Waals surface area (Å²) >= 11 is 0. The summed E-state index contributed by atoms with van der Waals surface area (Å²) in [6.45, 7) is 10.3. The summed E-state index contributed by atoms with van der Waals surface area (Å²) in [6.07, 6.45) is 0.177. The number of hydrogen-bond donors (Lipinski definition) is 4. The number of nitrogens with one attached hydrogen (secondary N) is 3. The fourth-order valence-corrected chi connectivity index (χ4v) is 4.03. The Morgan fingerprint density at radius 3 is 2.52 bits per heavy atom. The second-order valence-corrected chi connectivity index (χ2v) is 9.88. The van der Waals surface area contributed by atoms with E-state index >= 15 is 0 Å². The van der Waals surface area contributed by atoms with Crippen LogP contribution in [0, 0.1) is 0 Å². The lowest BCUT2D eigenvalue weighted by atomic mass is 9.99. The van der Waals surface area contributed by atoms with Gasteiger partial charge in [-0.15, -0.1) is 0 Å². The van der Waals surface area contributed by atoms with E-state index in [9.17, 15) is 14.7 Å². The molecule has 1 aromatic rings. The van der Waals surface area contributed by atoms with Crippen LogP contribution in [-0.2, 0) is 21.0 Å². The summed E-state index contributed by atoms with van der Waals surface area (Å²) in [5.74, 6) is -0.300. The third-order valence-corrected chi connectivity index (χ3v) is 5.77. The van der Waals surface area contributed by atoms with E-state index in [1.54, 1.807) is 11.8 Å². The minimum atomic E-state index is -0.874. The average molecular weight is 465 g/mol. The van der Waals surface area contributed by atoms with E-state index in [0.717, 1.165) is 18.4 Å². The average Bonchev–Trinajstić information content (AvgIpc) is 3.07. The van der Waals surface area contributed by atoms with Crippen LogP contribution in [-0.4, -0.2) is 71.5 Å². The topological polar surface area (TPSA) is 112 Å². The van der Waals surface area contributed by atoms with Gasteiger partial charge in [0.25, 0.3) is 0 Å². The SMILES string of the molecule is CNC(=O)C(NCC1CCC(C)(CNOCc2ccccc2)N1C(=O)OC(C)(C)C)C(C)O. The molecule has 1 heterocycles. The first-order valence-corrected chi connectivity index (χ1v) is 11.5. The van der Waals surface area contributed by atoms with Crippen LogP contribution >= 0.6 is 0 Å². The molecule has 9 heteroatoms. The van der Waals surface area contributed by atoms with Gasteiger partial charge in [-0.1, -0.05) is 30.3 Å². The molecule has 0 saturated carbocycles. The lowest BCUT2D eigenvalue weighted by Crippen LogP contribution is -2.58. The summed E-state index contributed by atoms with van der Waals surface area (Å²) in [5, 5.41) is 15.7. The second-order valence-electron chi connectivity index (χ2n) is 9.88. The van der Waals surface area contributed by atoms with Gasteiger partial charge in [0.2, 0.25) is 5.91 Å². The zero-order valence-corrected chi connectivity index (χ0v) is 20.7. The fourth-order valence-electron chi connectivity index (χ4n) is 4.03. The third-order valence-electron chi connectivity index (χ3n) is 5.77. The molecular formula is C24H40N4O5. The highest BCUT2D eigenvalue weighted by atomic mass is 16.6. The van der Waals surface area contributed by atoms with Crippen LogP contribution in [0.4, 0.5) is 4.79 Å². The van der Waals surface area contributed by atoms with Gasteiger partial charge in [-0.2, -0.15) is 5.48 Å². The van der Waals surface area contributed by atoms with Gasteiger partial charge in [0.15, 0.2) is 0 Å². The largest absolute Gasteiger partial charge is 0.444 e. The van der Waals surface area contributed by atoms with Crippen LogP contribution in [0.2, 0.25) is 0 Å². The van der Waals surface area contributed by atoms with Crippen molar-refractivity contribution in [1.82, 2.24) is 21.0 Å². The van der Waals surface area contributed by atoms with Gasteiger partial charge in [0.05, 0.1) is 18.2 Å². The van der Waals surface area contributed by atoms with Crippen molar-refractivity contribution < 1.29 is 24.3 Å². The molecule has 33 heavy (non-hydrogen) atoms. The number of aliphatic hydroxyl groups excluding tert-OH is 1. The highest BCUT2D eigenvalue weighted by molar-refractivity contribution is 5.82. The molecule has 4 unspecified atom stereocenters. The second kappa shape index (κ2) is 11.8. The van der Waals surface area contributed by atoms with Crippen molar-refractivity contribution in [2.75, 3.05) is 20.1 Å². The predicted octanol–water partition coefficient (Wildman–Crippen LogP) is 1.95. The Labute approximate surface area is 197 Å². The monoisotopic (exact) mass is 464 g/mol. The first-order chi connectivity index (χ1) is 15.5. The van der Waals surface area contributed by atoms with E-state index in [1.807, 2.05) is 58.0 Å². The first-order valence-electron chi connectivity index (χ1n) is 11.5. The number of amides is 2. The molecule has 0 aromatic heterocycles. The van der Waals surface area contributed by atoms with Crippen molar-refractivity contribution in [2.24, 2.45) is 0 Å². The number of likely N-dealkylation sites (tertiary alicyclic amines) is 1. The molecule has 9 nitrogen and oxygen atoms in total. The van der Waals surface area contributed by atoms with Crippen LogP contribution in [0.1, 0.15) is 53.0 Å². The molecule has 1 aromatic carbocycles. The van der Waals surface area contributed by atoms with E-state index in [0.29, 0.717) is 19.7 Å². The number of benzene rings is 1. The van der Waals surface area contributed by atoms with Crippen molar-refractivity contribution in [3.63, 3.8) is 0 Å². The summed E-state index contributed by atoms with van der Waals surface area (Å²) in [5.41, 5.74) is 2.89. The zero-order chi connectivity index (χ0) is 24.6. The summed E-state index contributed by atoms with van der Waals surface area (Å²) in [4.78, 5) is 32.7. The third kappa shape index (κ3) is 7.96. The highest BCUT2D eigenvalue weighted by Crippen LogP contribution is 2.35. The van der Waals surface area contributed by atoms with Gasteiger partial charge in [0, 0.05) is 26.2 Å². The van der Waals surface area contributed by atoms with Gasteiger partial charge in [-0.3, -0.25) is 14.5 Å². The van der Waals surface area contributed by atoms with Crippen LogP contribution in [0.5, 0.6) is 0 Å². The number of likely N-dealkylation sites (N-methyl/N-ethyl adjacent to an activating group) is 1. The number of nitrogens with zero attached hydrogens (tertiary/aromatic N) is 1. The van der Waals surface area contributed by atoms with E-state index in [-0.39, 0.29) is 11.9 Å². The maximum absolute atomic E-state index is 13.2. The quantitative estimate of drug-likeness (QED) is 0.309. The van der Waals surface area contributed by atoms with Crippen molar-refractivity contribution >= 4 is 12.0 Å². The maximum Gasteiger partial charge on any atom is 0.411 e. The Morgan fingerprint density at radius 2 is 1.94 bits per heavy atom. The molecule has 0 spiro atoms. The number of aliphatic hydroxyl groups is 1. The standard InChI is InChI=1S/C24H40N4O5/c1-17(29)20(21(30)25-6)26-14-19-12-13-24(5,28(19)22(31)33-23(2,3)4)16-27-32-15-18-10-8-7-9-11-18/h7-11,17,19-20,26-27,29H,12-16H2,1-6H3,(H,25,30). The molecule has 4 N–H and O–H groups in total. The molecule has 2 rings (SSSR count). The Hall–Kier alpha value is -2.20. The van der Waals surface area contributed by atoms with Crippen LogP contribution in [0.25, 0.3) is 0 Å². The first kappa shape index (κ1) is 27.0. The van der Waals surface area contributed by atoms with E-state index in [4.69, 9.17) is 9.57 Å². The van der Waals surface area contributed by atoms with Crippen LogP contribution in [0.3, 0.4) is 0 Å². The van der Waals surface area contributed by atoms with Crippen LogP contribution in [0.15, 0.2) is 30.3 Å². The molecule has 4 atom stereocenters. The fraction of sp³-hybridized carbons (Fsp3) is 0.667. The molecule has 1 aliphatic heterocycles. The van der Waals surface area contributed by atoms with Gasteiger partial charge in [-0.05, 0) is 53.0 Å². The van der Waals surface area contributed by atoms with Gasteiger partial charge < -0.3 is 20.5 Å². The van der Waals surface area contributed by atoms with E-state index in [2.05, 4.69) is 16.1 Å². The predicted molar refractivity (Wildman–Crippen MR) is 126 cm³/mol. The molecule has 2 amide bonds. The Morgan fingerprint density at radius 1 is 1.27 bits per heavy atom. The maximum atomic E-state index is 13.2. The molecule has 1 fully saturated rings. The molecule has 0 radical (unpaired) electrons. The minimum absolute atomic E-state index is 0.202. The molecule has 0 aliphatic carbocycles. The number of hydrogen-bond acceptors (Lipinski definition) is 7. The van der Waals surface area contributed by atoms with E-state index < -0.39 is 29.4 Å². The smallest absolute Gasteiger partial charge is 0.411 e. The Balaban J connectivity index is 2.07. The van der Waals surface area contributed by atoms with Crippen molar-refractivity contribution in [3.05, 3.63) is 35.9 Å². The van der Waals surface area contributed by atoms with Gasteiger partial charge in [0.1, 0.15) is 11.6 Å². The highest BCUT2D eigenvalue weighted by Gasteiger charge is 2.47. The lowest BCUT2D eigenvalue weighted by molar-refractivity contribution is -0.125. The van der Waals surface area contributed by atoms with Crippen molar-refractivity contribution in [1.29, 1.82) is 0 Å². The number of ether oxygens (including phenoxy) is 1. The molecule has 1 aliphatic rings. The number of carbonyl (C=O) groups is 2. The molecular weight excluding hydrogens is 424 g/mol. The number of carbonyl (C=O) groups excluding carboxylic acids is 2. The molecule has 186 valence electrons. The summed E-state index contributed by atoms with van der Waals surface area (Å²) in [7, 11) is 1.53. The lowest BCUT2D eigenvalue weighted by Gasteiger charge is -2.39. The molecule has 0 bridgehead atoms. The number of rotatable bonds is 10. The molecule has 1 saturated heterocycles. The summed E-state index contributed by atoms with van der Waals surface area (Å²) in [6, 6.07) is 8.87. The van der Waals surface area contributed by atoms with Crippen LogP contribution < -0.4 is 16.1 Å². The van der Waals surface area contributed by atoms with E-state index in [1.165, 1.54) is 7.05 Å². The van der Waals surface area contributed by atoms with Gasteiger partial charge in [-0.25, -0.2) is 4.79 Å². The Kier molecular flexibility index (Phi) is 9.66. The normalized spacial score (nSPS) is 22.6.